The van der Waals surface area contributed by atoms with Gasteiger partial charge in [-0.2, -0.15) is 0 Å². The Balaban J connectivity index is 2.34. The molecule has 1 aromatic carbocycles. The van der Waals surface area contributed by atoms with Gasteiger partial charge in [0.25, 0.3) is 5.91 Å². The van der Waals surface area contributed by atoms with Crippen molar-refractivity contribution in [1.29, 1.82) is 0 Å². The third kappa shape index (κ3) is 2.98. The van der Waals surface area contributed by atoms with Crippen molar-refractivity contribution >= 4 is 21.8 Å². The summed E-state index contributed by atoms with van der Waals surface area (Å²) in [5.41, 5.74) is -0.331. The third-order valence-corrected chi connectivity index (χ3v) is 4.11. The van der Waals surface area contributed by atoms with E-state index in [0.29, 0.717) is 17.3 Å². The Morgan fingerprint density at radius 3 is 2.89 bits per heavy atom. The highest BCUT2D eigenvalue weighted by atomic mass is 79.9. The van der Waals surface area contributed by atoms with Crippen LogP contribution >= 0.6 is 15.9 Å². The minimum Gasteiger partial charge on any atom is -0.391 e. The highest BCUT2D eigenvalue weighted by Gasteiger charge is 2.37. The second-order valence-electron chi connectivity index (χ2n) is 5.54. The van der Waals surface area contributed by atoms with Crippen LogP contribution in [0.25, 0.3) is 0 Å². The van der Waals surface area contributed by atoms with Crippen LogP contribution in [0.4, 0.5) is 4.39 Å². The zero-order chi connectivity index (χ0) is 14.2. The number of carbonyl (C=O) groups excluding carboxylic acids is 1. The van der Waals surface area contributed by atoms with E-state index in [1.165, 1.54) is 12.1 Å². The van der Waals surface area contributed by atoms with E-state index in [1.807, 2.05) is 13.8 Å². The van der Waals surface area contributed by atoms with Gasteiger partial charge in [0.2, 0.25) is 0 Å². The summed E-state index contributed by atoms with van der Waals surface area (Å²) in [6, 6.07) is 4.31. The number of β-amino-alcohol motifs (C(OH)–C–C–N with tert-alkyl or cyclic N) is 1. The molecule has 1 amide bonds. The number of benzene rings is 1. The molecule has 1 aliphatic heterocycles. The molecule has 0 aromatic heterocycles. The van der Waals surface area contributed by atoms with E-state index < -0.39 is 11.9 Å². The molecule has 2 rings (SSSR count). The molecule has 1 heterocycles. The zero-order valence-electron chi connectivity index (χ0n) is 11.0. The normalized spacial score (nSPS) is 22.4. The first kappa shape index (κ1) is 14.5. The number of amides is 1. The lowest BCUT2D eigenvalue weighted by molar-refractivity contribution is 0.00125. The van der Waals surface area contributed by atoms with Crippen LogP contribution in [0.3, 0.4) is 0 Å². The lowest BCUT2D eigenvalue weighted by Gasteiger charge is -2.44. The van der Waals surface area contributed by atoms with Gasteiger partial charge in [0, 0.05) is 16.6 Å². The third-order valence-electron chi connectivity index (χ3n) is 3.62. The molecule has 1 unspecified atom stereocenters. The van der Waals surface area contributed by atoms with Crippen molar-refractivity contribution in [3.63, 3.8) is 0 Å². The van der Waals surface area contributed by atoms with Crippen LogP contribution in [0, 0.1) is 5.82 Å². The van der Waals surface area contributed by atoms with Crippen molar-refractivity contribution in [1.82, 2.24) is 4.90 Å². The van der Waals surface area contributed by atoms with Crippen molar-refractivity contribution in [2.75, 3.05) is 6.54 Å². The van der Waals surface area contributed by atoms with E-state index >= 15 is 0 Å². The molecular formula is C14H17BrFNO2. The Kier molecular flexibility index (Phi) is 3.97. The van der Waals surface area contributed by atoms with Crippen molar-refractivity contribution in [2.45, 2.75) is 38.3 Å². The Hall–Kier alpha value is -0.940. The van der Waals surface area contributed by atoms with Gasteiger partial charge >= 0.3 is 0 Å². The van der Waals surface area contributed by atoms with E-state index in [0.717, 1.165) is 0 Å². The maximum Gasteiger partial charge on any atom is 0.257 e. The van der Waals surface area contributed by atoms with Gasteiger partial charge in [-0.1, -0.05) is 15.9 Å². The summed E-state index contributed by atoms with van der Waals surface area (Å²) in [5, 5.41) is 9.73. The Labute approximate surface area is 120 Å². The van der Waals surface area contributed by atoms with Gasteiger partial charge in [0.15, 0.2) is 0 Å². The fraction of sp³-hybridized carbons (Fsp3) is 0.500. The van der Waals surface area contributed by atoms with Crippen LogP contribution in [-0.2, 0) is 0 Å². The summed E-state index contributed by atoms with van der Waals surface area (Å²) < 4.78 is 14.5. The molecule has 1 aromatic rings. The number of hydrogen-bond donors (Lipinski definition) is 1. The van der Waals surface area contributed by atoms with Crippen molar-refractivity contribution in [2.24, 2.45) is 0 Å². The van der Waals surface area contributed by atoms with E-state index in [9.17, 15) is 14.3 Å². The van der Waals surface area contributed by atoms with E-state index in [-0.39, 0.29) is 23.6 Å². The van der Waals surface area contributed by atoms with Gasteiger partial charge in [-0.25, -0.2) is 4.39 Å². The number of aliphatic hydroxyl groups excluding tert-OH is 1. The minimum atomic E-state index is -0.538. The maximum absolute atomic E-state index is 13.8. The first-order valence-electron chi connectivity index (χ1n) is 6.26. The van der Waals surface area contributed by atoms with Crippen LogP contribution in [-0.4, -0.2) is 34.1 Å². The molecule has 19 heavy (non-hydrogen) atoms. The van der Waals surface area contributed by atoms with Gasteiger partial charge in [-0.05, 0) is 44.9 Å². The van der Waals surface area contributed by atoms with Crippen molar-refractivity contribution in [3.05, 3.63) is 34.1 Å². The van der Waals surface area contributed by atoms with Crippen LogP contribution in [0.5, 0.6) is 0 Å². The quantitative estimate of drug-likeness (QED) is 0.860. The van der Waals surface area contributed by atoms with E-state index in [1.54, 1.807) is 11.0 Å². The summed E-state index contributed by atoms with van der Waals surface area (Å²) in [6.07, 6.45) is 0.833. The minimum absolute atomic E-state index is 0.0385. The molecule has 104 valence electrons. The topological polar surface area (TPSA) is 40.5 Å². The van der Waals surface area contributed by atoms with Gasteiger partial charge in [-0.15, -0.1) is 0 Å². The van der Waals surface area contributed by atoms with Crippen molar-refractivity contribution < 1.29 is 14.3 Å². The lowest BCUT2D eigenvalue weighted by atomic mass is 9.88. The molecule has 0 aliphatic carbocycles. The summed E-state index contributed by atoms with van der Waals surface area (Å²) in [5.74, 6) is -0.911. The predicted octanol–water partition coefficient (Wildman–Crippen LogP) is 2.96. The average Bonchev–Trinajstić information content (AvgIpc) is 2.34. The standard InChI is InChI=1S/C14H17BrFNO2/c1-14(2)6-5-10(18)8-17(14)13(19)11-7-9(15)3-4-12(11)16/h3-4,7,10,18H,5-6,8H2,1-2H3. The van der Waals surface area contributed by atoms with Gasteiger partial charge < -0.3 is 10.0 Å². The maximum atomic E-state index is 13.8. The summed E-state index contributed by atoms with van der Waals surface area (Å²) >= 11 is 3.24. The SMILES string of the molecule is CC1(C)CCC(O)CN1C(=O)c1cc(Br)ccc1F. The van der Waals surface area contributed by atoms with E-state index in [4.69, 9.17) is 0 Å². The molecule has 1 N–H and O–H groups in total. The van der Waals surface area contributed by atoms with Crippen LogP contribution in [0.2, 0.25) is 0 Å². The van der Waals surface area contributed by atoms with Crippen LogP contribution in [0.15, 0.2) is 22.7 Å². The molecule has 1 atom stereocenters. The summed E-state index contributed by atoms with van der Waals surface area (Å²) in [6.45, 7) is 4.12. The smallest absolute Gasteiger partial charge is 0.257 e. The van der Waals surface area contributed by atoms with Crippen molar-refractivity contribution in [3.8, 4) is 0 Å². The largest absolute Gasteiger partial charge is 0.391 e. The van der Waals surface area contributed by atoms with Gasteiger partial charge in [0.1, 0.15) is 5.82 Å². The monoisotopic (exact) mass is 329 g/mol. The van der Waals surface area contributed by atoms with Crippen LogP contribution in [0.1, 0.15) is 37.0 Å². The molecule has 0 spiro atoms. The number of hydrogen-bond acceptors (Lipinski definition) is 2. The fourth-order valence-electron chi connectivity index (χ4n) is 2.37. The Morgan fingerprint density at radius 1 is 1.53 bits per heavy atom. The number of rotatable bonds is 1. The number of likely N-dealkylation sites (tertiary alicyclic amines) is 1. The summed E-state index contributed by atoms with van der Waals surface area (Å²) in [4.78, 5) is 14.0. The number of carbonyl (C=O) groups is 1. The van der Waals surface area contributed by atoms with Crippen LogP contribution < -0.4 is 0 Å². The highest BCUT2D eigenvalue weighted by Crippen LogP contribution is 2.30. The first-order chi connectivity index (χ1) is 8.81. The number of aliphatic hydroxyl groups is 1. The molecule has 3 nitrogen and oxygen atoms in total. The number of halogens is 2. The Morgan fingerprint density at radius 2 is 2.21 bits per heavy atom. The molecule has 1 fully saturated rings. The summed E-state index contributed by atoms with van der Waals surface area (Å²) in [7, 11) is 0. The lowest BCUT2D eigenvalue weighted by Crippen LogP contribution is -2.54. The molecule has 0 radical (unpaired) electrons. The first-order valence-corrected chi connectivity index (χ1v) is 7.05. The number of piperidine rings is 1. The molecular weight excluding hydrogens is 313 g/mol. The molecule has 5 heteroatoms. The second-order valence-corrected chi connectivity index (χ2v) is 6.46. The molecule has 0 bridgehead atoms. The average molecular weight is 330 g/mol. The number of nitrogens with zero attached hydrogens (tertiary/aromatic N) is 1. The predicted molar refractivity (Wildman–Crippen MR) is 74.5 cm³/mol. The molecule has 0 saturated carbocycles. The molecule has 1 aliphatic rings. The highest BCUT2D eigenvalue weighted by molar-refractivity contribution is 9.10. The molecule has 1 saturated heterocycles. The zero-order valence-corrected chi connectivity index (χ0v) is 12.6. The van der Waals surface area contributed by atoms with E-state index in [2.05, 4.69) is 15.9 Å². The van der Waals surface area contributed by atoms with Gasteiger partial charge in [0.05, 0.1) is 11.7 Å². The fourth-order valence-corrected chi connectivity index (χ4v) is 2.73. The second kappa shape index (κ2) is 5.21. The van der Waals surface area contributed by atoms with Gasteiger partial charge in [-0.3, -0.25) is 4.79 Å². The Bertz CT molecular complexity index is 504.